The summed E-state index contributed by atoms with van der Waals surface area (Å²) in [5.74, 6) is 0.725. The van der Waals surface area contributed by atoms with Crippen molar-refractivity contribution in [2.75, 3.05) is 0 Å². The van der Waals surface area contributed by atoms with E-state index in [2.05, 4.69) is 18.0 Å². The van der Waals surface area contributed by atoms with Gasteiger partial charge in [-0.1, -0.05) is 25.1 Å². The normalized spacial score (nSPS) is 20.5. The zero-order valence-electron chi connectivity index (χ0n) is 16.8. The van der Waals surface area contributed by atoms with Crippen LogP contribution in [0.1, 0.15) is 72.3 Å². The molecule has 0 radical (unpaired) electrons. The number of aromatic nitrogens is 1. The first-order chi connectivity index (χ1) is 14.1. The van der Waals surface area contributed by atoms with E-state index in [1.807, 2.05) is 30.5 Å². The van der Waals surface area contributed by atoms with Crippen LogP contribution in [0.25, 0.3) is 10.9 Å². The Kier molecular flexibility index (Phi) is 5.61. The van der Waals surface area contributed by atoms with Crippen molar-refractivity contribution in [2.24, 2.45) is 11.7 Å². The number of pyridine rings is 1. The number of carbonyl (C=O) groups excluding carboxylic acids is 1. The maximum Gasteiger partial charge on any atom is 0.248 e. The second-order valence-corrected chi connectivity index (χ2v) is 8.14. The fourth-order valence-corrected chi connectivity index (χ4v) is 5.18. The van der Waals surface area contributed by atoms with Crippen LogP contribution in [-0.4, -0.2) is 10.9 Å². The molecule has 3 aromatic rings. The summed E-state index contributed by atoms with van der Waals surface area (Å²) >= 11 is 0. The number of hydrogen-bond acceptors (Lipinski definition) is 2. The van der Waals surface area contributed by atoms with Crippen LogP contribution in [0.3, 0.4) is 0 Å². The van der Waals surface area contributed by atoms with Crippen LogP contribution in [0.2, 0.25) is 0 Å². The van der Waals surface area contributed by atoms with E-state index in [9.17, 15) is 9.18 Å². The standard InChI is InChI=1S/C25H27FN2O/c1-2-19(21-5-3-4-6-22(21)25(27)29)16-7-9-17(10-8-16)20-13-14-28-24-12-11-18(26)15-23(20)24/h3-6,11-17,19H,2,7-10H2,1H3,(H2,27,29)/t16?,17?,19-/m0/s1. The van der Waals surface area contributed by atoms with E-state index in [1.165, 1.54) is 11.6 Å². The van der Waals surface area contributed by atoms with Gasteiger partial charge in [-0.2, -0.15) is 0 Å². The van der Waals surface area contributed by atoms with Gasteiger partial charge < -0.3 is 5.73 Å². The van der Waals surface area contributed by atoms with Crippen molar-refractivity contribution in [3.8, 4) is 0 Å². The Morgan fingerprint density at radius 3 is 2.62 bits per heavy atom. The molecular weight excluding hydrogens is 363 g/mol. The quantitative estimate of drug-likeness (QED) is 0.586. The molecule has 0 saturated heterocycles. The third kappa shape index (κ3) is 3.89. The second-order valence-electron chi connectivity index (χ2n) is 8.14. The van der Waals surface area contributed by atoms with Crippen LogP contribution in [0.4, 0.5) is 4.39 Å². The molecule has 29 heavy (non-hydrogen) atoms. The van der Waals surface area contributed by atoms with Crippen molar-refractivity contribution < 1.29 is 9.18 Å². The zero-order chi connectivity index (χ0) is 20.4. The molecule has 0 bridgehead atoms. The summed E-state index contributed by atoms with van der Waals surface area (Å²) in [6.45, 7) is 2.19. The second kappa shape index (κ2) is 8.32. The minimum Gasteiger partial charge on any atom is -0.366 e. The van der Waals surface area contributed by atoms with Crippen molar-refractivity contribution in [3.63, 3.8) is 0 Å². The van der Waals surface area contributed by atoms with E-state index >= 15 is 0 Å². The molecule has 4 rings (SSSR count). The number of primary amides is 1. The maximum absolute atomic E-state index is 13.8. The summed E-state index contributed by atoms with van der Waals surface area (Å²) in [7, 11) is 0. The van der Waals surface area contributed by atoms with E-state index < -0.39 is 0 Å². The molecule has 1 aromatic heterocycles. The number of nitrogens with zero attached hydrogens (tertiary/aromatic N) is 1. The van der Waals surface area contributed by atoms with Gasteiger partial charge in [-0.25, -0.2) is 4.39 Å². The van der Waals surface area contributed by atoms with Crippen LogP contribution < -0.4 is 5.73 Å². The number of rotatable bonds is 5. The molecule has 1 heterocycles. The highest BCUT2D eigenvalue weighted by Gasteiger charge is 2.30. The lowest BCUT2D eigenvalue weighted by atomic mass is 9.70. The predicted octanol–water partition coefficient (Wildman–Crippen LogP) is 5.94. The van der Waals surface area contributed by atoms with Crippen molar-refractivity contribution >= 4 is 16.8 Å². The first kappa shape index (κ1) is 19.6. The average Bonchev–Trinajstić information content (AvgIpc) is 2.74. The molecule has 0 spiro atoms. The SMILES string of the molecule is CC[C@H](c1ccccc1C(N)=O)C1CCC(c2ccnc3ccc(F)cc23)CC1. The summed E-state index contributed by atoms with van der Waals surface area (Å²) in [5, 5.41) is 0.932. The first-order valence-corrected chi connectivity index (χ1v) is 10.5. The molecule has 0 unspecified atom stereocenters. The molecule has 1 saturated carbocycles. The highest BCUT2D eigenvalue weighted by Crippen LogP contribution is 2.44. The Balaban J connectivity index is 1.55. The Morgan fingerprint density at radius 1 is 1.14 bits per heavy atom. The molecular formula is C25H27FN2O. The molecule has 1 aliphatic rings. The molecule has 4 heteroatoms. The molecule has 2 aromatic carbocycles. The highest BCUT2D eigenvalue weighted by molar-refractivity contribution is 5.94. The van der Waals surface area contributed by atoms with Gasteiger partial charge in [0.05, 0.1) is 5.52 Å². The van der Waals surface area contributed by atoms with Gasteiger partial charge in [0.2, 0.25) is 5.91 Å². The topological polar surface area (TPSA) is 56.0 Å². The van der Waals surface area contributed by atoms with Crippen LogP contribution >= 0.6 is 0 Å². The van der Waals surface area contributed by atoms with Gasteiger partial charge in [0.25, 0.3) is 0 Å². The molecule has 1 atom stereocenters. The van der Waals surface area contributed by atoms with Crippen LogP contribution in [0.5, 0.6) is 0 Å². The highest BCUT2D eigenvalue weighted by atomic mass is 19.1. The number of hydrogen-bond donors (Lipinski definition) is 1. The fraction of sp³-hybridized carbons (Fsp3) is 0.360. The van der Waals surface area contributed by atoms with E-state index in [4.69, 9.17) is 5.73 Å². The third-order valence-electron chi connectivity index (χ3n) is 6.58. The molecule has 3 nitrogen and oxygen atoms in total. The fourth-order valence-electron chi connectivity index (χ4n) is 5.18. The van der Waals surface area contributed by atoms with Gasteiger partial charge >= 0.3 is 0 Å². The van der Waals surface area contributed by atoms with E-state index in [0.717, 1.165) is 48.6 Å². The van der Waals surface area contributed by atoms with Crippen LogP contribution in [-0.2, 0) is 0 Å². The van der Waals surface area contributed by atoms with Gasteiger partial charge in [-0.15, -0.1) is 0 Å². The minimum atomic E-state index is -0.349. The van der Waals surface area contributed by atoms with Crippen molar-refractivity contribution in [3.05, 3.63) is 77.2 Å². The summed E-state index contributed by atoms with van der Waals surface area (Å²) in [6.07, 6.45) is 7.14. The van der Waals surface area contributed by atoms with Gasteiger partial charge in [0, 0.05) is 17.1 Å². The Bertz CT molecular complexity index is 1020. The molecule has 150 valence electrons. The number of amides is 1. The Morgan fingerprint density at radius 2 is 1.90 bits per heavy atom. The van der Waals surface area contributed by atoms with E-state index in [0.29, 0.717) is 23.3 Å². The van der Waals surface area contributed by atoms with Crippen molar-refractivity contribution in [1.29, 1.82) is 0 Å². The van der Waals surface area contributed by atoms with E-state index in [-0.39, 0.29) is 11.7 Å². The number of nitrogens with two attached hydrogens (primary N) is 1. The number of benzene rings is 2. The molecule has 2 N–H and O–H groups in total. The van der Waals surface area contributed by atoms with Crippen LogP contribution in [0.15, 0.2) is 54.7 Å². The zero-order valence-corrected chi connectivity index (χ0v) is 16.8. The number of fused-ring (bicyclic) bond motifs is 1. The Labute approximate surface area is 171 Å². The lowest BCUT2D eigenvalue weighted by molar-refractivity contribution is 0.0998. The molecule has 0 aliphatic heterocycles. The lowest BCUT2D eigenvalue weighted by Crippen LogP contribution is -2.23. The third-order valence-corrected chi connectivity index (χ3v) is 6.58. The maximum atomic E-state index is 13.8. The smallest absolute Gasteiger partial charge is 0.248 e. The summed E-state index contributed by atoms with van der Waals surface area (Å²) < 4.78 is 13.8. The number of halogens is 1. The van der Waals surface area contributed by atoms with Gasteiger partial charge in [0.15, 0.2) is 0 Å². The van der Waals surface area contributed by atoms with Gasteiger partial charge in [-0.3, -0.25) is 9.78 Å². The molecule has 1 fully saturated rings. The number of carbonyl (C=O) groups is 1. The van der Waals surface area contributed by atoms with Crippen molar-refractivity contribution in [2.45, 2.75) is 50.9 Å². The van der Waals surface area contributed by atoms with E-state index in [1.54, 1.807) is 12.1 Å². The average molecular weight is 391 g/mol. The van der Waals surface area contributed by atoms with Crippen molar-refractivity contribution in [1.82, 2.24) is 4.98 Å². The lowest BCUT2D eigenvalue weighted by Gasteiger charge is -2.35. The van der Waals surface area contributed by atoms with Crippen LogP contribution in [0, 0.1) is 11.7 Å². The largest absolute Gasteiger partial charge is 0.366 e. The predicted molar refractivity (Wildman–Crippen MR) is 114 cm³/mol. The summed E-state index contributed by atoms with van der Waals surface area (Å²) in [5.41, 5.74) is 9.42. The molecule has 1 aliphatic carbocycles. The minimum absolute atomic E-state index is 0.213. The first-order valence-electron chi connectivity index (χ1n) is 10.5. The summed E-state index contributed by atoms with van der Waals surface area (Å²) in [4.78, 5) is 16.3. The molecule has 1 amide bonds. The monoisotopic (exact) mass is 390 g/mol. The Hall–Kier alpha value is -2.75. The summed E-state index contributed by atoms with van der Waals surface area (Å²) in [6, 6.07) is 14.7. The van der Waals surface area contributed by atoms with Gasteiger partial charge in [-0.05, 0) is 91.3 Å². The van der Waals surface area contributed by atoms with Gasteiger partial charge in [0.1, 0.15) is 5.82 Å².